The minimum atomic E-state index is -0.587. The molecule has 37 heavy (non-hydrogen) atoms. The van der Waals surface area contributed by atoms with E-state index in [2.05, 4.69) is 71.9 Å². The van der Waals surface area contributed by atoms with E-state index in [4.69, 9.17) is 0 Å². The van der Waals surface area contributed by atoms with Gasteiger partial charge in [0.25, 0.3) is 0 Å². The van der Waals surface area contributed by atoms with Crippen LogP contribution in [-0.4, -0.2) is 26.9 Å². The first-order chi connectivity index (χ1) is 18.1. The number of benzene rings is 4. The highest BCUT2D eigenvalue weighted by atomic mass is 28.2. The Labute approximate surface area is 220 Å². The summed E-state index contributed by atoms with van der Waals surface area (Å²) in [7, 11) is 1.49. The number of aromatic nitrogens is 2. The first kappa shape index (κ1) is 26.0. The van der Waals surface area contributed by atoms with Gasteiger partial charge in [-0.05, 0) is 57.6 Å². The highest BCUT2D eigenvalue weighted by molar-refractivity contribution is 6.37. The monoisotopic (exact) mass is 506 g/mol. The van der Waals surface area contributed by atoms with E-state index in [0.717, 1.165) is 17.3 Å². The van der Waals surface area contributed by atoms with E-state index < -0.39 is 9.52 Å². The van der Waals surface area contributed by atoms with E-state index in [-0.39, 0.29) is 17.2 Å². The van der Waals surface area contributed by atoms with Crippen LogP contribution in [0, 0.1) is 11.6 Å². The highest BCUT2D eigenvalue weighted by Gasteiger charge is 2.15. The number of hydrogen-bond acceptors (Lipinski definition) is 1. The Bertz CT molecular complexity index is 1290. The van der Waals surface area contributed by atoms with Crippen molar-refractivity contribution in [3.63, 3.8) is 0 Å². The molecule has 0 aliphatic rings. The van der Waals surface area contributed by atoms with Crippen LogP contribution in [-0.2, 0) is 6.17 Å². The van der Waals surface area contributed by atoms with Crippen molar-refractivity contribution in [2.45, 2.75) is 11.7 Å². The van der Waals surface area contributed by atoms with Gasteiger partial charge in [0.2, 0.25) is 0 Å². The van der Waals surface area contributed by atoms with Crippen LogP contribution in [0.2, 0.25) is 0 Å². The van der Waals surface area contributed by atoms with Gasteiger partial charge in [0.05, 0.1) is 15.8 Å². The molecule has 5 rings (SSSR count). The van der Waals surface area contributed by atoms with Crippen LogP contribution in [0.15, 0.2) is 134 Å². The number of halogens is 2. The Hall–Kier alpha value is -4.03. The Balaban J connectivity index is 0.000000186. The number of imidazole rings is 1. The van der Waals surface area contributed by atoms with Gasteiger partial charge in [-0.25, -0.2) is 13.8 Å². The molecule has 6 heteroatoms. The Morgan fingerprint density at radius 3 is 1.65 bits per heavy atom. The first-order valence-electron chi connectivity index (χ1n) is 12.4. The smallest absolute Gasteiger partial charge is 0.130 e. The van der Waals surface area contributed by atoms with Crippen LogP contribution in [0.4, 0.5) is 8.78 Å². The summed E-state index contributed by atoms with van der Waals surface area (Å²) < 4.78 is 28.4. The van der Waals surface area contributed by atoms with E-state index >= 15 is 0 Å². The third-order valence-corrected chi connectivity index (χ3v) is 8.53. The normalized spacial score (nSPS) is 10.8. The standard InChI is InChI=1S/C17H16F2N2Si.C14H13B/c18-15-5-1-13(2-6-15)17(14-3-7-16(19)8-4-14)22-12-21-10-9-20-11-21;15-11-14(12-7-3-1-4-8-12)13-9-5-2-6-10-13/h1-11,17H,12,22H2;1-11H,15H2. The summed E-state index contributed by atoms with van der Waals surface area (Å²) in [4.78, 5) is 4.05. The van der Waals surface area contributed by atoms with Crippen LogP contribution in [0.3, 0.4) is 0 Å². The summed E-state index contributed by atoms with van der Waals surface area (Å²) in [6, 6.07) is 34.2. The van der Waals surface area contributed by atoms with Gasteiger partial charge in [-0.15, -0.1) is 5.98 Å². The fourth-order valence-corrected chi connectivity index (χ4v) is 6.38. The summed E-state index contributed by atoms with van der Waals surface area (Å²) in [6.07, 6.45) is 6.44. The molecule has 0 amide bonds. The van der Waals surface area contributed by atoms with E-state index in [1.807, 2.05) is 42.6 Å². The molecule has 0 unspecified atom stereocenters. The molecule has 0 aliphatic carbocycles. The second kappa shape index (κ2) is 13.3. The molecule has 4 aromatic carbocycles. The fraction of sp³-hybridized carbons (Fsp3) is 0.0645. The molecular weight excluding hydrogens is 477 g/mol. The zero-order chi connectivity index (χ0) is 25.9. The van der Waals surface area contributed by atoms with Gasteiger partial charge in [0.1, 0.15) is 19.5 Å². The predicted octanol–water partition coefficient (Wildman–Crippen LogP) is 5.79. The lowest BCUT2D eigenvalue weighted by Gasteiger charge is -2.18. The minimum Gasteiger partial charge on any atom is -0.341 e. The lowest BCUT2D eigenvalue weighted by molar-refractivity contribution is 0.626. The van der Waals surface area contributed by atoms with E-state index in [1.54, 1.807) is 12.5 Å². The molecule has 0 N–H and O–H groups in total. The molecule has 0 fully saturated rings. The van der Waals surface area contributed by atoms with Crippen LogP contribution in [0.5, 0.6) is 0 Å². The van der Waals surface area contributed by atoms with Crippen LogP contribution in [0.1, 0.15) is 27.8 Å². The second-order valence-electron chi connectivity index (χ2n) is 8.68. The average molecular weight is 506 g/mol. The average Bonchev–Trinajstić information content (AvgIpc) is 3.47. The first-order valence-corrected chi connectivity index (χ1v) is 14.2. The summed E-state index contributed by atoms with van der Waals surface area (Å²) in [5.41, 5.74) is 6.22. The molecule has 0 bridgehead atoms. The zero-order valence-electron chi connectivity index (χ0n) is 20.8. The van der Waals surface area contributed by atoms with E-state index in [0.29, 0.717) is 0 Å². The zero-order valence-corrected chi connectivity index (χ0v) is 22.3. The molecule has 1 aromatic heterocycles. The third-order valence-electron chi connectivity index (χ3n) is 6.24. The Kier molecular flexibility index (Phi) is 9.38. The molecule has 5 aromatic rings. The second-order valence-corrected chi connectivity index (χ2v) is 10.5. The van der Waals surface area contributed by atoms with Crippen molar-refractivity contribution in [3.05, 3.63) is 168 Å². The predicted molar refractivity (Wildman–Crippen MR) is 154 cm³/mol. The van der Waals surface area contributed by atoms with Gasteiger partial charge in [-0.1, -0.05) is 84.9 Å². The van der Waals surface area contributed by atoms with Gasteiger partial charge in [0, 0.05) is 18.6 Å². The summed E-state index contributed by atoms with van der Waals surface area (Å²) >= 11 is 0. The highest BCUT2D eigenvalue weighted by Crippen LogP contribution is 2.25. The molecule has 0 aliphatic heterocycles. The van der Waals surface area contributed by atoms with Crippen molar-refractivity contribution >= 4 is 22.9 Å². The molecule has 0 spiro atoms. The quantitative estimate of drug-likeness (QED) is 0.256. The van der Waals surface area contributed by atoms with Crippen molar-refractivity contribution in [1.82, 2.24) is 9.55 Å². The van der Waals surface area contributed by atoms with Crippen LogP contribution >= 0.6 is 0 Å². The van der Waals surface area contributed by atoms with Gasteiger partial charge < -0.3 is 4.57 Å². The minimum absolute atomic E-state index is 0.226. The molecule has 0 saturated heterocycles. The lowest BCUT2D eigenvalue weighted by atomic mass is 9.92. The van der Waals surface area contributed by atoms with Crippen molar-refractivity contribution in [2.75, 3.05) is 0 Å². The molecule has 1 heterocycles. The van der Waals surface area contributed by atoms with Gasteiger partial charge in [-0.3, -0.25) is 0 Å². The summed E-state index contributed by atoms with van der Waals surface area (Å²) in [5, 5.41) is 0. The van der Waals surface area contributed by atoms with Gasteiger partial charge in [0.15, 0.2) is 0 Å². The summed E-state index contributed by atoms with van der Waals surface area (Å²) in [6.45, 7) is 0. The van der Waals surface area contributed by atoms with Crippen molar-refractivity contribution in [3.8, 4) is 0 Å². The van der Waals surface area contributed by atoms with E-state index in [1.165, 1.54) is 41.0 Å². The third kappa shape index (κ3) is 7.48. The number of rotatable bonds is 7. The Morgan fingerprint density at radius 1 is 0.757 bits per heavy atom. The number of hydrogen-bond donors (Lipinski definition) is 0. The van der Waals surface area contributed by atoms with Gasteiger partial charge in [-0.2, -0.15) is 0 Å². The molecule has 0 saturated carbocycles. The maximum Gasteiger partial charge on any atom is 0.130 e. The maximum atomic E-state index is 13.2. The van der Waals surface area contributed by atoms with Crippen molar-refractivity contribution in [1.29, 1.82) is 0 Å². The Morgan fingerprint density at radius 2 is 1.24 bits per heavy atom. The molecule has 0 radical (unpaired) electrons. The molecule has 0 atom stereocenters. The number of nitrogens with zero attached hydrogens (tertiary/aromatic N) is 2. The van der Waals surface area contributed by atoms with Crippen molar-refractivity contribution < 1.29 is 8.78 Å². The lowest BCUT2D eigenvalue weighted by Crippen LogP contribution is -2.16. The SMILES string of the molecule is BC=C(c1ccccc1)c1ccccc1.Fc1ccc(C([SiH2]Cn2ccnc2)c2ccc(F)cc2)cc1. The topological polar surface area (TPSA) is 17.8 Å². The van der Waals surface area contributed by atoms with Gasteiger partial charge >= 0.3 is 0 Å². The molecule has 2 nitrogen and oxygen atoms in total. The van der Waals surface area contributed by atoms with E-state index in [9.17, 15) is 8.78 Å². The fourth-order valence-electron chi connectivity index (χ4n) is 4.35. The van der Waals surface area contributed by atoms with Crippen LogP contribution in [0.25, 0.3) is 5.57 Å². The largest absolute Gasteiger partial charge is 0.341 e. The molecular formula is C31H29BF2N2Si. The summed E-state index contributed by atoms with van der Waals surface area (Å²) in [5.74, 6) is 1.68. The maximum absolute atomic E-state index is 13.2. The van der Waals surface area contributed by atoms with Crippen LogP contribution < -0.4 is 0 Å². The van der Waals surface area contributed by atoms with Crippen molar-refractivity contribution in [2.24, 2.45) is 0 Å². The molecule has 184 valence electrons.